The average molecular weight is 320 g/mol. The van der Waals surface area contributed by atoms with Gasteiger partial charge in [0.25, 0.3) is 0 Å². The van der Waals surface area contributed by atoms with Crippen molar-refractivity contribution in [3.63, 3.8) is 0 Å². The fraction of sp³-hybridized carbons (Fsp3) is 0.333. The highest BCUT2D eigenvalue weighted by Crippen LogP contribution is 2.38. The van der Waals surface area contributed by atoms with Crippen molar-refractivity contribution in [1.82, 2.24) is 5.32 Å². The van der Waals surface area contributed by atoms with E-state index in [0.29, 0.717) is 18.0 Å². The molecule has 0 heterocycles. The van der Waals surface area contributed by atoms with Crippen molar-refractivity contribution < 1.29 is 0 Å². The predicted molar refractivity (Wildman–Crippen MR) is 90.2 cm³/mol. The molecule has 1 aliphatic carbocycles. The molecule has 110 valence electrons. The zero-order valence-corrected chi connectivity index (χ0v) is 13.5. The van der Waals surface area contributed by atoms with Gasteiger partial charge in [-0.25, -0.2) is 0 Å². The van der Waals surface area contributed by atoms with Gasteiger partial charge in [0.2, 0.25) is 0 Å². The van der Waals surface area contributed by atoms with Crippen molar-refractivity contribution in [3.8, 4) is 0 Å². The van der Waals surface area contributed by atoms with Crippen molar-refractivity contribution in [2.24, 2.45) is 0 Å². The highest BCUT2D eigenvalue weighted by molar-refractivity contribution is 6.30. The molecule has 0 amide bonds. The van der Waals surface area contributed by atoms with Crippen LogP contribution < -0.4 is 5.32 Å². The summed E-state index contributed by atoms with van der Waals surface area (Å²) in [5.41, 5.74) is 2.64. The van der Waals surface area contributed by atoms with Gasteiger partial charge in [0.1, 0.15) is 0 Å². The molecule has 3 heteroatoms. The maximum Gasteiger partial charge on any atom is 0.0408 e. The second kappa shape index (κ2) is 6.39. The first-order valence-electron chi connectivity index (χ1n) is 7.39. The van der Waals surface area contributed by atoms with Gasteiger partial charge >= 0.3 is 0 Å². The molecular formula is C18H19Cl2N. The van der Waals surface area contributed by atoms with Crippen molar-refractivity contribution in [2.75, 3.05) is 0 Å². The van der Waals surface area contributed by atoms with E-state index in [2.05, 4.69) is 36.5 Å². The quantitative estimate of drug-likeness (QED) is 0.774. The van der Waals surface area contributed by atoms with E-state index >= 15 is 0 Å². The van der Waals surface area contributed by atoms with Crippen LogP contribution in [0.2, 0.25) is 10.0 Å². The molecule has 21 heavy (non-hydrogen) atoms. The lowest BCUT2D eigenvalue weighted by Gasteiger charge is -2.38. The SMILES string of the molecule is C[C@H](NC1CC(c2cccc(Cl)c2)C1)c1ccc(Cl)cc1. The van der Waals surface area contributed by atoms with Crippen molar-refractivity contribution >= 4 is 23.2 Å². The van der Waals surface area contributed by atoms with E-state index < -0.39 is 0 Å². The minimum Gasteiger partial charge on any atom is -0.307 e. The Hall–Kier alpha value is -1.02. The summed E-state index contributed by atoms with van der Waals surface area (Å²) in [6, 6.07) is 17.2. The number of rotatable bonds is 4. The van der Waals surface area contributed by atoms with Crippen LogP contribution in [0.5, 0.6) is 0 Å². The zero-order chi connectivity index (χ0) is 14.8. The highest BCUT2D eigenvalue weighted by atomic mass is 35.5. The molecule has 1 N–H and O–H groups in total. The third-order valence-electron chi connectivity index (χ3n) is 4.31. The van der Waals surface area contributed by atoms with E-state index in [1.165, 1.54) is 24.0 Å². The molecule has 0 aliphatic heterocycles. The van der Waals surface area contributed by atoms with Gasteiger partial charge in [-0.3, -0.25) is 0 Å². The lowest BCUT2D eigenvalue weighted by atomic mass is 9.75. The molecule has 2 aromatic rings. The maximum atomic E-state index is 6.06. The molecule has 1 atom stereocenters. The summed E-state index contributed by atoms with van der Waals surface area (Å²) in [6.45, 7) is 2.20. The Labute approximate surface area is 136 Å². The number of benzene rings is 2. The number of halogens is 2. The molecule has 0 radical (unpaired) electrons. The highest BCUT2D eigenvalue weighted by Gasteiger charge is 2.31. The largest absolute Gasteiger partial charge is 0.307 e. The summed E-state index contributed by atoms with van der Waals surface area (Å²) in [6.07, 6.45) is 2.36. The van der Waals surface area contributed by atoms with Gasteiger partial charge in [-0.05, 0) is 61.1 Å². The Morgan fingerprint density at radius 2 is 1.71 bits per heavy atom. The molecule has 1 aliphatic rings. The first kappa shape index (κ1) is 14.9. The second-order valence-corrected chi connectivity index (χ2v) is 6.73. The topological polar surface area (TPSA) is 12.0 Å². The van der Waals surface area contributed by atoms with Gasteiger partial charge in [0, 0.05) is 22.1 Å². The zero-order valence-electron chi connectivity index (χ0n) is 12.0. The molecule has 1 nitrogen and oxygen atoms in total. The van der Waals surface area contributed by atoms with Crippen LogP contribution in [0.25, 0.3) is 0 Å². The standard InChI is InChI=1S/C18H19Cl2N/c1-12(13-5-7-16(19)8-6-13)21-18-10-15(11-18)14-3-2-4-17(20)9-14/h2-9,12,15,18,21H,10-11H2,1H3/t12-,15?,18?/m0/s1. The van der Waals surface area contributed by atoms with Crippen LogP contribution >= 0.6 is 23.2 Å². The van der Waals surface area contributed by atoms with E-state index in [4.69, 9.17) is 23.2 Å². The smallest absolute Gasteiger partial charge is 0.0408 e. The lowest BCUT2D eigenvalue weighted by Crippen LogP contribution is -2.41. The van der Waals surface area contributed by atoms with E-state index in [1.807, 2.05) is 24.3 Å². The maximum absolute atomic E-state index is 6.06. The second-order valence-electron chi connectivity index (χ2n) is 5.86. The summed E-state index contributed by atoms with van der Waals surface area (Å²) in [7, 11) is 0. The van der Waals surface area contributed by atoms with Crippen LogP contribution in [0.3, 0.4) is 0 Å². The molecule has 0 saturated heterocycles. The Balaban J connectivity index is 1.54. The molecule has 0 spiro atoms. The molecule has 0 unspecified atom stereocenters. The monoisotopic (exact) mass is 319 g/mol. The first-order valence-corrected chi connectivity index (χ1v) is 8.14. The van der Waals surface area contributed by atoms with Crippen LogP contribution in [0.1, 0.15) is 42.9 Å². The van der Waals surface area contributed by atoms with Crippen LogP contribution in [0.4, 0.5) is 0 Å². The number of nitrogens with one attached hydrogen (secondary N) is 1. The van der Waals surface area contributed by atoms with Crippen LogP contribution in [0.15, 0.2) is 48.5 Å². The molecular weight excluding hydrogens is 301 g/mol. The molecule has 1 fully saturated rings. The van der Waals surface area contributed by atoms with E-state index in [9.17, 15) is 0 Å². The van der Waals surface area contributed by atoms with Gasteiger partial charge in [-0.15, -0.1) is 0 Å². The third-order valence-corrected chi connectivity index (χ3v) is 4.80. The average Bonchev–Trinajstić information content (AvgIpc) is 2.43. The van der Waals surface area contributed by atoms with E-state index in [0.717, 1.165) is 10.0 Å². The molecule has 2 aromatic carbocycles. The number of hydrogen-bond acceptors (Lipinski definition) is 1. The van der Waals surface area contributed by atoms with Gasteiger partial charge < -0.3 is 5.32 Å². The summed E-state index contributed by atoms with van der Waals surface area (Å²) in [5.74, 6) is 0.638. The normalized spacial score (nSPS) is 22.6. The van der Waals surface area contributed by atoms with Gasteiger partial charge in [-0.1, -0.05) is 47.5 Å². The minimum absolute atomic E-state index is 0.354. The Kier molecular flexibility index (Phi) is 4.54. The molecule has 0 bridgehead atoms. The van der Waals surface area contributed by atoms with Crippen LogP contribution in [0, 0.1) is 0 Å². The van der Waals surface area contributed by atoms with Gasteiger partial charge in [0.15, 0.2) is 0 Å². The summed E-state index contributed by atoms with van der Waals surface area (Å²) < 4.78 is 0. The Bertz CT molecular complexity index is 603. The fourth-order valence-electron chi connectivity index (χ4n) is 2.99. The Morgan fingerprint density at radius 3 is 2.38 bits per heavy atom. The fourth-order valence-corrected chi connectivity index (χ4v) is 3.31. The predicted octanol–water partition coefficient (Wildman–Crippen LogP) is 5.59. The third kappa shape index (κ3) is 3.60. The lowest BCUT2D eigenvalue weighted by molar-refractivity contribution is 0.271. The van der Waals surface area contributed by atoms with Crippen molar-refractivity contribution in [1.29, 1.82) is 0 Å². The van der Waals surface area contributed by atoms with Gasteiger partial charge in [0.05, 0.1) is 0 Å². The van der Waals surface area contributed by atoms with Crippen LogP contribution in [-0.4, -0.2) is 6.04 Å². The molecule has 3 rings (SSSR count). The van der Waals surface area contributed by atoms with Crippen molar-refractivity contribution in [3.05, 3.63) is 69.7 Å². The summed E-state index contributed by atoms with van der Waals surface area (Å²) in [5, 5.41) is 5.31. The van der Waals surface area contributed by atoms with Crippen LogP contribution in [-0.2, 0) is 0 Å². The molecule has 0 aromatic heterocycles. The van der Waals surface area contributed by atoms with E-state index in [1.54, 1.807) is 0 Å². The molecule has 1 saturated carbocycles. The number of hydrogen-bond donors (Lipinski definition) is 1. The minimum atomic E-state index is 0.354. The summed E-state index contributed by atoms with van der Waals surface area (Å²) in [4.78, 5) is 0. The van der Waals surface area contributed by atoms with E-state index in [-0.39, 0.29) is 0 Å². The summed E-state index contributed by atoms with van der Waals surface area (Å²) >= 11 is 12.0. The van der Waals surface area contributed by atoms with Gasteiger partial charge in [-0.2, -0.15) is 0 Å². The van der Waals surface area contributed by atoms with Crippen molar-refractivity contribution in [2.45, 2.75) is 37.8 Å². The first-order chi connectivity index (χ1) is 10.1. The Morgan fingerprint density at radius 1 is 1.00 bits per heavy atom.